The second-order valence-electron chi connectivity index (χ2n) is 6.48. The number of esters is 1. The van der Waals surface area contributed by atoms with Crippen molar-refractivity contribution in [2.45, 2.75) is 13.0 Å². The number of para-hydroxylation sites is 2. The predicted molar refractivity (Wildman–Crippen MR) is 110 cm³/mol. The van der Waals surface area contributed by atoms with E-state index in [1.807, 2.05) is 0 Å². The highest BCUT2D eigenvalue weighted by Crippen LogP contribution is 2.33. The number of amides is 3. The Labute approximate surface area is 177 Å². The minimum absolute atomic E-state index is 0.0956. The van der Waals surface area contributed by atoms with Crippen molar-refractivity contribution in [2.24, 2.45) is 5.73 Å². The van der Waals surface area contributed by atoms with Gasteiger partial charge in [0, 0.05) is 5.69 Å². The Bertz CT molecular complexity index is 1010. The summed E-state index contributed by atoms with van der Waals surface area (Å²) in [6.45, 7) is 1.22. The van der Waals surface area contributed by atoms with E-state index in [9.17, 15) is 19.2 Å². The number of nitrogens with two attached hydrogens (primary N) is 1. The predicted octanol–water partition coefficient (Wildman–Crippen LogP) is 1.69. The fraction of sp³-hybridized carbons (Fsp3) is 0.238. The molecular formula is C21H21N3O7. The fourth-order valence-corrected chi connectivity index (χ4v) is 2.92. The molecule has 1 aliphatic rings. The molecule has 10 nitrogen and oxygen atoms in total. The van der Waals surface area contributed by atoms with Crippen LogP contribution in [0.5, 0.6) is 5.75 Å². The van der Waals surface area contributed by atoms with Crippen LogP contribution in [0.25, 0.3) is 0 Å². The van der Waals surface area contributed by atoms with Crippen LogP contribution in [-0.2, 0) is 19.1 Å². The second kappa shape index (κ2) is 9.61. The van der Waals surface area contributed by atoms with Crippen molar-refractivity contribution in [3.63, 3.8) is 0 Å². The molecule has 0 fully saturated rings. The van der Waals surface area contributed by atoms with Crippen molar-refractivity contribution >= 4 is 35.3 Å². The van der Waals surface area contributed by atoms with E-state index >= 15 is 0 Å². The van der Waals surface area contributed by atoms with Crippen molar-refractivity contribution in [1.29, 1.82) is 0 Å². The summed E-state index contributed by atoms with van der Waals surface area (Å²) in [5.41, 5.74) is 6.25. The van der Waals surface area contributed by atoms with E-state index in [0.29, 0.717) is 17.1 Å². The van der Waals surface area contributed by atoms with Crippen LogP contribution >= 0.6 is 0 Å². The number of rotatable bonds is 6. The maximum absolute atomic E-state index is 12.7. The molecule has 3 amide bonds. The maximum Gasteiger partial charge on any atom is 0.411 e. The van der Waals surface area contributed by atoms with Gasteiger partial charge in [-0.3, -0.25) is 14.9 Å². The van der Waals surface area contributed by atoms with Gasteiger partial charge in [0.2, 0.25) is 0 Å². The molecule has 2 aromatic rings. The molecule has 10 heteroatoms. The van der Waals surface area contributed by atoms with E-state index in [-0.39, 0.29) is 18.7 Å². The average molecular weight is 427 g/mol. The Kier molecular flexibility index (Phi) is 6.71. The molecule has 3 N–H and O–H groups in total. The lowest BCUT2D eigenvalue weighted by Gasteiger charge is -2.33. The Hall–Kier alpha value is -4.08. The van der Waals surface area contributed by atoms with Crippen molar-refractivity contribution in [1.82, 2.24) is 0 Å². The van der Waals surface area contributed by atoms with Gasteiger partial charge in [0.15, 0.2) is 12.7 Å². The number of hydrogen-bond acceptors (Lipinski definition) is 7. The van der Waals surface area contributed by atoms with Gasteiger partial charge in [0.1, 0.15) is 5.75 Å². The largest absolute Gasteiger partial charge is 0.477 e. The number of nitrogens with zero attached hydrogens (tertiary/aromatic N) is 1. The Morgan fingerprint density at radius 1 is 1.13 bits per heavy atom. The molecule has 1 atom stereocenters. The lowest BCUT2D eigenvalue weighted by Crippen LogP contribution is -2.50. The molecule has 0 saturated heterocycles. The van der Waals surface area contributed by atoms with Crippen molar-refractivity contribution in [2.75, 3.05) is 30.0 Å². The lowest BCUT2D eigenvalue weighted by molar-refractivity contribution is -0.126. The number of benzene rings is 2. The molecule has 0 spiro atoms. The molecule has 0 aromatic heterocycles. The molecule has 0 aliphatic carbocycles. The molecule has 0 unspecified atom stereocenters. The lowest BCUT2D eigenvalue weighted by atomic mass is 10.1. The molecule has 31 heavy (non-hydrogen) atoms. The number of ether oxygens (including phenoxy) is 3. The summed E-state index contributed by atoms with van der Waals surface area (Å²) < 4.78 is 15.4. The number of nitrogens with one attached hydrogen (secondary N) is 1. The molecule has 0 bridgehead atoms. The quantitative estimate of drug-likeness (QED) is 0.669. The molecule has 0 radical (unpaired) electrons. The van der Waals surface area contributed by atoms with Crippen LogP contribution in [0.1, 0.15) is 17.3 Å². The summed E-state index contributed by atoms with van der Waals surface area (Å²) in [6.07, 6.45) is -1.67. The third kappa shape index (κ3) is 5.30. The smallest absolute Gasteiger partial charge is 0.411 e. The highest BCUT2D eigenvalue weighted by molar-refractivity contribution is 6.00. The van der Waals surface area contributed by atoms with Crippen molar-refractivity contribution < 1.29 is 33.4 Å². The van der Waals surface area contributed by atoms with Crippen LogP contribution in [-0.4, -0.2) is 49.7 Å². The zero-order valence-electron chi connectivity index (χ0n) is 16.7. The SMILES string of the molecule is CCOC(=O)Nc1cccc(C(=O)OCC(=O)N2C[C@H](C(N)=O)Oc3ccccc32)c1. The van der Waals surface area contributed by atoms with Crippen LogP contribution in [0.2, 0.25) is 0 Å². The van der Waals surface area contributed by atoms with Gasteiger partial charge in [-0.2, -0.15) is 0 Å². The average Bonchev–Trinajstić information content (AvgIpc) is 2.76. The van der Waals surface area contributed by atoms with Gasteiger partial charge in [-0.15, -0.1) is 0 Å². The van der Waals surface area contributed by atoms with Gasteiger partial charge in [0.25, 0.3) is 11.8 Å². The molecule has 3 rings (SSSR count). The molecule has 1 heterocycles. The van der Waals surface area contributed by atoms with Gasteiger partial charge in [-0.25, -0.2) is 9.59 Å². The van der Waals surface area contributed by atoms with E-state index in [2.05, 4.69) is 5.32 Å². The molecule has 0 saturated carbocycles. The first-order valence-electron chi connectivity index (χ1n) is 9.45. The summed E-state index contributed by atoms with van der Waals surface area (Å²) >= 11 is 0. The van der Waals surface area contributed by atoms with Gasteiger partial charge in [0.05, 0.1) is 24.4 Å². The molecule has 1 aliphatic heterocycles. The highest BCUT2D eigenvalue weighted by Gasteiger charge is 2.33. The maximum atomic E-state index is 12.7. The molecule has 2 aromatic carbocycles. The normalized spacial score (nSPS) is 14.6. The third-order valence-electron chi connectivity index (χ3n) is 4.34. The fourth-order valence-electron chi connectivity index (χ4n) is 2.92. The van der Waals surface area contributed by atoms with Gasteiger partial charge in [-0.1, -0.05) is 18.2 Å². The number of carbonyl (C=O) groups is 4. The summed E-state index contributed by atoms with van der Waals surface area (Å²) in [5.74, 6) is -1.69. The van der Waals surface area contributed by atoms with Gasteiger partial charge < -0.3 is 24.8 Å². The Morgan fingerprint density at radius 2 is 1.90 bits per heavy atom. The molecular weight excluding hydrogens is 406 g/mol. The van der Waals surface area contributed by atoms with E-state index in [4.69, 9.17) is 19.9 Å². The minimum Gasteiger partial charge on any atom is -0.477 e. The van der Waals surface area contributed by atoms with Gasteiger partial charge in [-0.05, 0) is 37.3 Å². The van der Waals surface area contributed by atoms with Gasteiger partial charge >= 0.3 is 12.1 Å². The van der Waals surface area contributed by atoms with Crippen LogP contribution in [0.15, 0.2) is 48.5 Å². The topological polar surface area (TPSA) is 137 Å². The minimum atomic E-state index is -1.01. The van der Waals surface area contributed by atoms with E-state index < -0.39 is 36.6 Å². The zero-order valence-corrected chi connectivity index (χ0v) is 16.7. The Balaban J connectivity index is 1.66. The summed E-state index contributed by atoms with van der Waals surface area (Å²) in [5, 5.41) is 2.48. The van der Waals surface area contributed by atoms with Crippen molar-refractivity contribution in [3.05, 3.63) is 54.1 Å². The highest BCUT2D eigenvalue weighted by atomic mass is 16.5. The number of carbonyl (C=O) groups excluding carboxylic acids is 4. The second-order valence-corrected chi connectivity index (χ2v) is 6.48. The standard InChI is InChI=1S/C21H21N3O7/c1-2-29-21(28)23-14-7-5-6-13(10-14)20(27)30-12-18(25)24-11-17(19(22)26)31-16-9-4-3-8-15(16)24/h3-10,17H,2,11-12H2,1H3,(H2,22,26)(H,23,28)/t17-/m1/s1. The van der Waals surface area contributed by atoms with E-state index in [0.717, 1.165) is 0 Å². The number of hydrogen-bond donors (Lipinski definition) is 2. The zero-order chi connectivity index (χ0) is 22.4. The van der Waals surface area contributed by atoms with E-state index in [1.165, 1.54) is 17.0 Å². The molecule has 162 valence electrons. The first-order chi connectivity index (χ1) is 14.9. The first kappa shape index (κ1) is 21.6. The summed E-state index contributed by atoms with van der Waals surface area (Å²) in [4.78, 5) is 49.5. The van der Waals surface area contributed by atoms with Crippen LogP contribution in [0.3, 0.4) is 0 Å². The number of primary amides is 1. The summed E-state index contributed by atoms with van der Waals surface area (Å²) in [7, 11) is 0. The van der Waals surface area contributed by atoms with E-state index in [1.54, 1.807) is 43.3 Å². The summed E-state index contributed by atoms with van der Waals surface area (Å²) in [6, 6.07) is 12.7. The number of anilines is 2. The van der Waals surface area contributed by atoms with Crippen LogP contribution < -0.4 is 20.7 Å². The number of fused-ring (bicyclic) bond motifs is 1. The third-order valence-corrected chi connectivity index (χ3v) is 4.34. The van der Waals surface area contributed by atoms with Crippen LogP contribution in [0.4, 0.5) is 16.2 Å². The first-order valence-corrected chi connectivity index (χ1v) is 9.45. The van der Waals surface area contributed by atoms with Crippen LogP contribution in [0, 0.1) is 0 Å². The monoisotopic (exact) mass is 427 g/mol. The Morgan fingerprint density at radius 3 is 2.65 bits per heavy atom. The van der Waals surface area contributed by atoms with Crippen molar-refractivity contribution in [3.8, 4) is 5.75 Å².